The van der Waals surface area contributed by atoms with E-state index in [1.165, 1.54) is 37.7 Å². The van der Waals surface area contributed by atoms with Crippen LogP contribution in [0.2, 0.25) is 0 Å². The Morgan fingerprint density at radius 2 is 2.00 bits per heavy atom. The van der Waals surface area contributed by atoms with E-state index in [2.05, 4.69) is 29.3 Å². The first-order valence-corrected chi connectivity index (χ1v) is 8.01. The zero-order valence-electron chi connectivity index (χ0n) is 12.8. The Labute approximate surface area is 126 Å². The van der Waals surface area contributed by atoms with Gasteiger partial charge >= 0.3 is 0 Å². The molecular weight excluding hydrogens is 262 g/mol. The summed E-state index contributed by atoms with van der Waals surface area (Å²) >= 11 is 0. The first kappa shape index (κ1) is 14.4. The Bertz CT molecular complexity index is 523. The summed E-state index contributed by atoms with van der Waals surface area (Å²) in [6.45, 7) is 1.49. The lowest BCUT2D eigenvalue weighted by Gasteiger charge is -2.37. The van der Waals surface area contributed by atoms with E-state index in [1.807, 2.05) is 7.05 Å². The van der Waals surface area contributed by atoms with Crippen LogP contribution < -0.4 is 10.7 Å². The molecule has 2 N–H and O–H groups in total. The molecule has 1 heterocycles. The van der Waals surface area contributed by atoms with Gasteiger partial charge in [0.2, 0.25) is 5.91 Å². The predicted octanol–water partition coefficient (Wildman–Crippen LogP) is 2.43. The number of rotatable bonds is 3. The molecule has 1 saturated heterocycles. The molecular formula is C17H25N3O. The van der Waals surface area contributed by atoms with E-state index in [-0.39, 0.29) is 11.3 Å². The lowest BCUT2D eigenvalue weighted by atomic mass is 9.69. The monoisotopic (exact) mass is 287 g/mol. The van der Waals surface area contributed by atoms with Crippen LogP contribution in [0.15, 0.2) is 24.3 Å². The first-order chi connectivity index (χ1) is 10.2. The van der Waals surface area contributed by atoms with Crippen molar-refractivity contribution in [2.75, 3.05) is 25.1 Å². The fourth-order valence-electron chi connectivity index (χ4n) is 3.79. The third kappa shape index (κ3) is 2.53. The van der Waals surface area contributed by atoms with Crippen LogP contribution in [-0.4, -0.2) is 31.1 Å². The minimum Gasteiger partial charge on any atom is -0.330 e. The maximum Gasteiger partial charge on any atom is 0.242 e. The molecule has 1 aromatic carbocycles. The minimum atomic E-state index is 0.135. The summed E-state index contributed by atoms with van der Waals surface area (Å²) in [5, 5.41) is 3.80. The van der Waals surface area contributed by atoms with Gasteiger partial charge in [-0.05, 0) is 30.5 Å². The van der Waals surface area contributed by atoms with Crippen molar-refractivity contribution in [3.8, 4) is 0 Å². The van der Waals surface area contributed by atoms with Crippen LogP contribution >= 0.6 is 0 Å². The van der Waals surface area contributed by atoms with Crippen molar-refractivity contribution in [2.24, 2.45) is 5.73 Å². The van der Waals surface area contributed by atoms with Crippen LogP contribution in [0.5, 0.6) is 0 Å². The number of nitrogens with zero attached hydrogens (tertiary/aromatic N) is 2. The number of amides is 1. The van der Waals surface area contributed by atoms with Gasteiger partial charge in [-0.2, -0.15) is 0 Å². The van der Waals surface area contributed by atoms with Crippen LogP contribution in [0.1, 0.15) is 44.1 Å². The lowest BCUT2D eigenvalue weighted by Crippen LogP contribution is -2.38. The summed E-state index contributed by atoms with van der Waals surface area (Å²) in [6.07, 6.45) is 6.82. The third-order valence-electron chi connectivity index (χ3n) is 5.22. The summed E-state index contributed by atoms with van der Waals surface area (Å²) in [4.78, 5) is 11.7. The maximum absolute atomic E-state index is 11.7. The highest BCUT2D eigenvalue weighted by Crippen LogP contribution is 2.40. The van der Waals surface area contributed by atoms with Crippen LogP contribution in [-0.2, 0) is 10.2 Å². The van der Waals surface area contributed by atoms with Crippen molar-refractivity contribution < 1.29 is 4.79 Å². The van der Waals surface area contributed by atoms with E-state index < -0.39 is 0 Å². The topological polar surface area (TPSA) is 49.6 Å². The van der Waals surface area contributed by atoms with Crippen LogP contribution in [0.4, 0.5) is 5.69 Å². The van der Waals surface area contributed by atoms with Gasteiger partial charge in [0.25, 0.3) is 0 Å². The van der Waals surface area contributed by atoms with Crippen molar-refractivity contribution in [1.29, 1.82) is 0 Å². The predicted molar refractivity (Wildman–Crippen MR) is 85.0 cm³/mol. The molecule has 1 saturated carbocycles. The number of carbonyl (C=O) groups is 1. The van der Waals surface area contributed by atoms with E-state index in [1.54, 1.807) is 5.01 Å². The van der Waals surface area contributed by atoms with Gasteiger partial charge in [0.15, 0.2) is 0 Å². The minimum absolute atomic E-state index is 0.135. The molecule has 0 unspecified atom stereocenters. The molecule has 0 aromatic heterocycles. The second-order valence-corrected chi connectivity index (χ2v) is 6.39. The number of carbonyl (C=O) groups excluding carboxylic acids is 1. The molecule has 114 valence electrons. The molecule has 0 bridgehead atoms. The molecule has 0 spiro atoms. The number of nitrogens with two attached hydrogens (primary N) is 1. The number of hydrogen-bond donors (Lipinski definition) is 1. The van der Waals surface area contributed by atoms with Gasteiger partial charge in [0.05, 0.1) is 5.69 Å². The van der Waals surface area contributed by atoms with Gasteiger partial charge < -0.3 is 5.73 Å². The summed E-state index contributed by atoms with van der Waals surface area (Å²) < 4.78 is 0. The van der Waals surface area contributed by atoms with Gasteiger partial charge in [-0.15, -0.1) is 0 Å². The van der Waals surface area contributed by atoms with Gasteiger partial charge in [0.1, 0.15) is 0 Å². The molecule has 4 nitrogen and oxygen atoms in total. The molecule has 0 radical (unpaired) electrons. The van der Waals surface area contributed by atoms with Gasteiger partial charge in [-0.3, -0.25) is 14.8 Å². The Morgan fingerprint density at radius 3 is 2.62 bits per heavy atom. The fraction of sp³-hybridized carbons (Fsp3) is 0.588. The summed E-state index contributed by atoms with van der Waals surface area (Å²) in [7, 11) is 1.85. The van der Waals surface area contributed by atoms with Crippen molar-refractivity contribution in [2.45, 2.75) is 43.9 Å². The highest BCUT2D eigenvalue weighted by Gasteiger charge is 2.33. The smallest absolute Gasteiger partial charge is 0.242 e. The number of anilines is 1. The molecule has 2 aliphatic rings. The summed E-state index contributed by atoms with van der Waals surface area (Å²) in [5.74, 6) is 0.187. The molecule has 21 heavy (non-hydrogen) atoms. The fourth-order valence-corrected chi connectivity index (χ4v) is 3.79. The Kier molecular flexibility index (Phi) is 3.89. The molecule has 0 atom stereocenters. The normalized spacial score (nSPS) is 21.9. The van der Waals surface area contributed by atoms with Crippen molar-refractivity contribution in [1.82, 2.24) is 5.01 Å². The Morgan fingerprint density at radius 1 is 1.24 bits per heavy atom. The quantitative estimate of drug-likeness (QED) is 0.929. The molecule has 1 aliphatic heterocycles. The molecule has 1 aromatic rings. The standard InChI is InChI=1S/C17H25N3O/c1-19-16(21)8-11-20(19)15-7-5-6-14(12-15)17(13-18)9-3-2-4-10-17/h5-7,12H,2-4,8-11,13,18H2,1H3. The SMILES string of the molecule is CN1C(=O)CCN1c1cccc(C2(CN)CCCCC2)c1. The molecule has 3 rings (SSSR count). The zero-order chi connectivity index (χ0) is 14.9. The first-order valence-electron chi connectivity index (χ1n) is 8.01. The maximum atomic E-state index is 11.7. The average Bonchev–Trinajstić information content (AvgIpc) is 2.88. The van der Waals surface area contributed by atoms with Crippen LogP contribution in [0.25, 0.3) is 0 Å². The zero-order valence-corrected chi connectivity index (χ0v) is 12.8. The summed E-state index contributed by atoms with van der Waals surface area (Å²) in [6, 6.07) is 8.64. The molecule has 1 amide bonds. The average molecular weight is 287 g/mol. The largest absolute Gasteiger partial charge is 0.330 e. The lowest BCUT2D eigenvalue weighted by molar-refractivity contribution is -0.126. The second-order valence-electron chi connectivity index (χ2n) is 6.39. The van der Waals surface area contributed by atoms with Crippen molar-refractivity contribution in [3.63, 3.8) is 0 Å². The Hall–Kier alpha value is -1.55. The van der Waals surface area contributed by atoms with Crippen LogP contribution in [0.3, 0.4) is 0 Å². The van der Waals surface area contributed by atoms with Gasteiger partial charge in [-0.25, -0.2) is 0 Å². The summed E-state index contributed by atoms with van der Waals surface area (Å²) in [5.41, 5.74) is 8.73. The molecule has 4 heteroatoms. The molecule has 1 aliphatic carbocycles. The van der Waals surface area contributed by atoms with E-state index in [0.29, 0.717) is 13.0 Å². The van der Waals surface area contributed by atoms with E-state index >= 15 is 0 Å². The van der Waals surface area contributed by atoms with Crippen molar-refractivity contribution in [3.05, 3.63) is 29.8 Å². The highest BCUT2D eigenvalue weighted by atomic mass is 16.2. The van der Waals surface area contributed by atoms with E-state index in [9.17, 15) is 4.79 Å². The van der Waals surface area contributed by atoms with E-state index in [0.717, 1.165) is 12.2 Å². The molecule has 2 fully saturated rings. The van der Waals surface area contributed by atoms with E-state index in [4.69, 9.17) is 5.73 Å². The van der Waals surface area contributed by atoms with Gasteiger partial charge in [0, 0.05) is 32.0 Å². The van der Waals surface area contributed by atoms with Gasteiger partial charge in [-0.1, -0.05) is 31.4 Å². The number of hydrazine groups is 1. The third-order valence-corrected chi connectivity index (χ3v) is 5.22. The number of benzene rings is 1. The highest BCUT2D eigenvalue weighted by molar-refractivity contribution is 5.81. The van der Waals surface area contributed by atoms with Crippen LogP contribution in [0, 0.1) is 0 Å². The Balaban J connectivity index is 1.91. The number of hydrogen-bond acceptors (Lipinski definition) is 3. The van der Waals surface area contributed by atoms with Crippen molar-refractivity contribution >= 4 is 11.6 Å². The second kappa shape index (κ2) is 5.68.